The van der Waals surface area contributed by atoms with E-state index in [-0.39, 0.29) is 0 Å². The van der Waals surface area contributed by atoms with E-state index in [9.17, 15) is 0 Å². The molecule has 22 heavy (non-hydrogen) atoms. The van der Waals surface area contributed by atoms with Crippen molar-refractivity contribution in [1.82, 2.24) is 4.98 Å². The maximum atomic E-state index is 5.80. The minimum Gasteiger partial charge on any atom is -0.497 e. The third-order valence-electron chi connectivity index (χ3n) is 3.33. The van der Waals surface area contributed by atoms with Gasteiger partial charge in [0.1, 0.15) is 18.1 Å². The van der Waals surface area contributed by atoms with Gasteiger partial charge in [0.2, 0.25) is 5.13 Å². The quantitative estimate of drug-likeness (QED) is 0.664. The molecule has 3 aromatic rings. The fourth-order valence-corrected chi connectivity index (χ4v) is 3.69. The molecule has 4 nitrogen and oxygen atoms in total. The number of hydrogen-bond donors (Lipinski definition) is 0. The average Bonchev–Trinajstić information content (AvgIpc) is 3.21. The summed E-state index contributed by atoms with van der Waals surface area (Å²) in [5.74, 6) is 1.60. The van der Waals surface area contributed by atoms with E-state index in [4.69, 9.17) is 9.47 Å². The van der Waals surface area contributed by atoms with Gasteiger partial charge in [-0.3, -0.25) is 0 Å². The van der Waals surface area contributed by atoms with Crippen LogP contribution in [0.4, 0.5) is 5.13 Å². The predicted molar refractivity (Wildman–Crippen MR) is 90.0 cm³/mol. The van der Waals surface area contributed by atoms with Crippen molar-refractivity contribution >= 4 is 34.0 Å². The number of fused-ring (bicyclic) bond motifs is 3. The lowest BCUT2D eigenvalue weighted by molar-refractivity contribution is 0.303. The lowest BCUT2D eigenvalue weighted by atomic mass is 10.1. The molecular formula is C16H12N2O2S2. The Morgan fingerprint density at radius 2 is 2.32 bits per heavy atom. The molecule has 1 aliphatic rings. The molecule has 0 atom stereocenters. The second kappa shape index (κ2) is 5.55. The number of hydrogen-bond acceptors (Lipinski definition) is 6. The minimum atomic E-state index is 0.529. The third kappa shape index (κ3) is 2.40. The van der Waals surface area contributed by atoms with Crippen LogP contribution in [0.3, 0.4) is 0 Å². The van der Waals surface area contributed by atoms with Crippen LogP contribution in [-0.4, -0.2) is 18.3 Å². The first-order chi connectivity index (χ1) is 10.8. The molecule has 1 aromatic carbocycles. The third-order valence-corrected chi connectivity index (χ3v) is 5.08. The Kier molecular flexibility index (Phi) is 3.40. The number of thiophene rings is 1. The van der Waals surface area contributed by atoms with E-state index in [0.29, 0.717) is 6.61 Å². The second-order valence-electron chi connectivity index (χ2n) is 4.69. The Morgan fingerprint density at radius 3 is 3.14 bits per heavy atom. The van der Waals surface area contributed by atoms with Crippen molar-refractivity contribution in [3.05, 3.63) is 45.5 Å². The molecule has 0 bridgehead atoms. The van der Waals surface area contributed by atoms with Crippen LogP contribution in [0.1, 0.15) is 9.75 Å². The molecule has 0 saturated carbocycles. The molecule has 0 saturated heterocycles. The summed E-state index contributed by atoms with van der Waals surface area (Å²) in [5.41, 5.74) is 1.96. The van der Waals surface area contributed by atoms with Crippen LogP contribution in [-0.2, 0) is 6.61 Å². The topological polar surface area (TPSA) is 43.7 Å². The van der Waals surface area contributed by atoms with Crippen molar-refractivity contribution in [1.29, 1.82) is 0 Å². The molecule has 0 spiro atoms. The van der Waals surface area contributed by atoms with Crippen LogP contribution in [0, 0.1) is 0 Å². The van der Waals surface area contributed by atoms with E-state index in [1.807, 2.05) is 41.9 Å². The summed E-state index contributed by atoms with van der Waals surface area (Å²) in [5, 5.41) is 2.79. The molecule has 0 N–H and O–H groups in total. The zero-order valence-electron chi connectivity index (χ0n) is 11.8. The van der Waals surface area contributed by atoms with Crippen molar-refractivity contribution in [3.63, 3.8) is 0 Å². The summed E-state index contributed by atoms with van der Waals surface area (Å²) in [7, 11) is 1.65. The molecule has 110 valence electrons. The number of aromatic nitrogens is 1. The van der Waals surface area contributed by atoms with Crippen LogP contribution in [0.2, 0.25) is 0 Å². The molecule has 0 amide bonds. The number of methoxy groups -OCH3 is 1. The van der Waals surface area contributed by atoms with Gasteiger partial charge in [-0.05, 0) is 23.6 Å². The Balaban J connectivity index is 1.69. The number of rotatable bonds is 3. The molecule has 3 heterocycles. The number of aliphatic imine (C=N–C) groups is 1. The first kappa shape index (κ1) is 13.5. The first-order valence-corrected chi connectivity index (χ1v) is 8.41. The van der Waals surface area contributed by atoms with Gasteiger partial charge < -0.3 is 9.47 Å². The van der Waals surface area contributed by atoms with Gasteiger partial charge in [-0.1, -0.05) is 17.4 Å². The molecule has 0 aliphatic carbocycles. The number of nitrogens with zero attached hydrogens (tertiary/aromatic N) is 2. The van der Waals surface area contributed by atoms with Crippen LogP contribution in [0.25, 0.3) is 11.3 Å². The van der Waals surface area contributed by atoms with Crippen molar-refractivity contribution in [2.45, 2.75) is 6.61 Å². The monoisotopic (exact) mass is 328 g/mol. The zero-order valence-corrected chi connectivity index (χ0v) is 13.4. The van der Waals surface area contributed by atoms with E-state index < -0.39 is 0 Å². The summed E-state index contributed by atoms with van der Waals surface area (Å²) >= 11 is 3.23. The molecule has 0 unspecified atom stereocenters. The molecule has 0 fully saturated rings. The maximum Gasteiger partial charge on any atom is 0.210 e. The zero-order chi connectivity index (χ0) is 14.9. The standard InChI is InChI=1S/C16H12N2O2S2/c1-19-10-4-5-12-13(7-10)20-9-14-15(12)18-16(22-14)17-8-11-3-2-6-21-11/h2-8H,9H2,1H3. The van der Waals surface area contributed by atoms with Crippen LogP contribution < -0.4 is 9.47 Å². The van der Waals surface area contributed by atoms with Gasteiger partial charge in [0, 0.05) is 22.7 Å². The fraction of sp³-hybridized carbons (Fsp3) is 0.125. The number of thiazole rings is 1. The predicted octanol–water partition coefficient (Wildman–Crippen LogP) is 4.52. The average molecular weight is 328 g/mol. The molecule has 2 aromatic heterocycles. The molecular weight excluding hydrogens is 316 g/mol. The summed E-state index contributed by atoms with van der Waals surface area (Å²) < 4.78 is 11.0. The molecule has 4 rings (SSSR count). The first-order valence-electron chi connectivity index (χ1n) is 6.72. The Bertz CT molecular complexity index is 838. The fourth-order valence-electron chi connectivity index (χ4n) is 2.27. The Hall–Kier alpha value is -2.18. The summed E-state index contributed by atoms with van der Waals surface area (Å²) in [4.78, 5) is 11.4. The lowest BCUT2D eigenvalue weighted by Crippen LogP contribution is -2.03. The number of benzene rings is 1. The van der Waals surface area contributed by atoms with Crippen molar-refractivity contribution in [3.8, 4) is 22.8 Å². The highest BCUT2D eigenvalue weighted by molar-refractivity contribution is 7.16. The highest BCUT2D eigenvalue weighted by Crippen LogP contribution is 2.42. The summed E-state index contributed by atoms with van der Waals surface area (Å²) in [6.45, 7) is 0.529. The molecule has 6 heteroatoms. The van der Waals surface area contributed by atoms with Crippen molar-refractivity contribution < 1.29 is 9.47 Å². The SMILES string of the molecule is COc1ccc2c(c1)OCc1sc(N=Cc3cccs3)nc1-2. The number of ether oxygens (including phenoxy) is 2. The van der Waals surface area contributed by atoms with E-state index in [0.717, 1.165) is 37.6 Å². The van der Waals surface area contributed by atoms with Gasteiger partial charge in [0.25, 0.3) is 0 Å². The van der Waals surface area contributed by atoms with Gasteiger partial charge in [-0.25, -0.2) is 9.98 Å². The van der Waals surface area contributed by atoms with E-state index in [1.54, 1.807) is 29.8 Å². The van der Waals surface area contributed by atoms with Gasteiger partial charge in [-0.2, -0.15) is 0 Å². The van der Waals surface area contributed by atoms with E-state index >= 15 is 0 Å². The Morgan fingerprint density at radius 1 is 1.36 bits per heavy atom. The van der Waals surface area contributed by atoms with Crippen molar-refractivity contribution in [2.75, 3.05) is 7.11 Å². The van der Waals surface area contributed by atoms with E-state index in [1.165, 1.54) is 0 Å². The van der Waals surface area contributed by atoms with Gasteiger partial charge in [0.05, 0.1) is 17.7 Å². The highest BCUT2D eigenvalue weighted by Gasteiger charge is 2.22. The van der Waals surface area contributed by atoms with Crippen LogP contribution in [0.5, 0.6) is 11.5 Å². The second-order valence-corrected chi connectivity index (χ2v) is 6.73. The van der Waals surface area contributed by atoms with Crippen LogP contribution >= 0.6 is 22.7 Å². The van der Waals surface area contributed by atoms with Gasteiger partial charge in [0.15, 0.2) is 0 Å². The van der Waals surface area contributed by atoms with Gasteiger partial charge in [-0.15, -0.1) is 11.3 Å². The molecule has 0 radical (unpaired) electrons. The Labute approximate surface area is 135 Å². The highest BCUT2D eigenvalue weighted by atomic mass is 32.1. The van der Waals surface area contributed by atoms with Gasteiger partial charge >= 0.3 is 0 Å². The van der Waals surface area contributed by atoms with E-state index in [2.05, 4.69) is 9.98 Å². The van der Waals surface area contributed by atoms with Crippen LogP contribution in [0.15, 0.2) is 40.7 Å². The summed E-state index contributed by atoms with van der Waals surface area (Å²) in [6, 6.07) is 9.85. The maximum absolute atomic E-state index is 5.80. The normalized spacial score (nSPS) is 12.8. The smallest absolute Gasteiger partial charge is 0.210 e. The molecule has 1 aliphatic heterocycles. The largest absolute Gasteiger partial charge is 0.497 e. The minimum absolute atomic E-state index is 0.529. The summed E-state index contributed by atoms with van der Waals surface area (Å²) in [6.07, 6.45) is 1.85. The lowest BCUT2D eigenvalue weighted by Gasteiger charge is -2.16. The van der Waals surface area contributed by atoms with Crippen molar-refractivity contribution in [2.24, 2.45) is 4.99 Å².